The highest BCUT2D eigenvalue weighted by atomic mass is 28.4. The van der Waals surface area contributed by atoms with Gasteiger partial charge >= 0.3 is 12.1 Å². The zero-order chi connectivity index (χ0) is 31.3. The molecule has 0 aromatic heterocycles. The topological polar surface area (TPSA) is 83.5 Å². The molecule has 232 valence electrons. The molecule has 0 radical (unpaired) electrons. The van der Waals surface area contributed by atoms with Crippen LogP contribution in [0.2, 0.25) is 18.1 Å². The number of ether oxygens (including phenoxy) is 4. The van der Waals surface area contributed by atoms with E-state index >= 15 is 0 Å². The van der Waals surface area contributed by atoms with Crippen LogP contribution in [0.25, 0.3) is 0 Å². The second kappa shape index (κ2) is 13.1. The molecule has 2 aromatic carbocycles. The van der Waals surface area contributed by atoms with Crippen molar-refractivity contribution in [3.8, 4) is 11.5 Å². The number of benzene rings is 2. The third kappa shape index (κ3) is 7.47. The van der Waals surface area contributed by atoms with E-state index in [9.17, 15) is 9.59 Å². The Morgan fingerprint density at radius 1 is 1.00 bits per heavy atom. The summed E-state index contributed by atoms with van der Waals surface area (Å²) in [6, 6.07) is 13.6. The van der Waals surface area contributed by atoms with Gasteiger partial charge < -0.3 is 23.4 Å². The summed E-state index contributed by atoms with van der Waals surface area (Å²) in [4.78, 5) is 29.4. The fraction of sp³-hybridized carbons (Fsp3) is 0.576. The molecule has 0 fully saturated rings. The van der Waals surface area contributed by atoms with Crippen LogP contribution in [-0.4, -0.2) is 57.7 Å². The average molecular weight is 600 g/mol. The van der Waals surface area contributed by atoms with Gasteiger partial charge in [-0.05, 0) is 81.1 Å². The summed E-state index contributed by atoms with van der Waals surface area (Å²) >= 11 is 0. The molecule has 1 aliphatic heterocycles. The molecule has 42 heavy (non-hydrogen) atoms. The van der Waals surface area contributed by atoms with E-state index in [4.69, 9.17) is 23.4 Å². The lowest BCUT2D eigenvalue weighted by molar-refractivity contribution is -0.160. The quantitative estimate of drug-likeness (QED) is 0.210. The second-order valence-electron chi connectivity index (χ2n) is 13.3. The van der Waals surface area contributed by atoms with Crippen LogP contribution in [0.1, 0.15) is 71.6 Å². The van der Waals surface area contributed by atoms with Gasteiger partial charge in [0.25, 0.3) is 0 Å². The van der Waals surface area contributed by atoms with Crippen molar-refractivity contribution in [2.45, 2.75) is 97.2 Å². The zero-order valence-corrected chi connectivity index (χ0v) is 28.1. The second-order valence-corrected chi connectivity index (χ2v) is 18.1. The Morgan fingerprint density at radius 2 is 1.67 bits per heavy atom. The third-order valence-corrected chi connectivity index (χ3v) is 12.6. The lowest BCUT2D eigenvalue weighted by Crippen LogP contribution is -2.60. The Bertz CT molecular complexity index is 1230. The molecule has 0 saturated carbocycles. The van der Waals surface area contributed by atoms with Crippen molar-refractivity contribution in [3.63, 3.8) is 0 Å². The number of fused-ring (bicyclic) bond motifs is 1. The lowest BCUT2D eigenvalue weighted by Gasteiger charge is -2.47. The molecular weight excluding hydrogens is 550 g/mol. The first-order chi connectivity index (χ1) is 19.6. The van der Waals surface area contributed by atoms with Crippen molar-refractivity contribution in [1.82, 2.24) is 4.90 Å². The number of hydrogen-bond acceptors (Lipinski definition) is 7. The van der Waals surface area contributed by atoms with Gasteiger partial charge in [0.2, 0.25) is 0 Å². The van der Waals surface area contributed by atoms with Crippen LogP contribution in [0.3, 0.4) is 0 Å². The summed E-state index contributed by atoms with van der Waals surface area (Å²) in [5.41, 5.74) is 0.332. The van der Waals surface area contributed by atoms with Crippen molar-refractivity contribution in [1.29, 1.82) is 0 Å². The first-order valence-corrected chi connectivity index (χ1v) is 17.7. The maximum atomic E-state index is 14.1. The first-order valence-electron chi connectivity index (χ1n) is 14.8. The number of hydrogen-bond donors (Lipinski definition) is 0. The number of carbonyl (C=O) groups is 2. The largest absolute Gasteiger partial charge is 0.493 e. The van der Waals surface area contributed by atoms with E-state index in [0.29, 0.717) is 30.1 Å². The maximum absolute atomic E-state index is 14.1. The van der Waals surface area contributed by atoms with E-state index in [-0.39, 0.29) is 31.2 Å². The smallest absolute Gasteiger partial charge is 0.411 e. The summed E-state index contributed by atoms with van der Waals surface area (Å²) in [5, 5.41) is -0.0202. The Morgan fingerprint density at radius 3 is 2.24 bits per heavy atom. The summed E-state index contributed by atoms with van der Waals surface area (Å²) < 4.78 is 30.1. The standard InChI is InChI=1S/C33H49NO7Si/c1-11-38-29(35)33(18-20-40-42(9,10)32(5,6)7)26-22-27(37-8)28(39-23-24-15-13-12-14-16-24)21-25(26)17-19-34(33)30(36)41-31(2,3)4/h12-16,21-22H,11,17-20,23H2,1-10H3. The number of esters is 1. The Balaban J connectivity index is 2.13. The number of methoxy groups -OCH3 is 1. The van der Waals surface area contributed by atoms with Crippen LogP contribution in [0.5, 0.6) is 11.5 Å². The highest BCUT2D eigenvalue weighted by molar-refractivity contribution is 6.74. The molecule has 1 amide bonds. The summed E-state index contributed by atoms with van der Waals surface area (Å²) in [6.45, 7) is 19.1. The molecule has 1 heterocycles. The number of carbonyl (C=O) groups excluding carboxylic acids is 2. The number of nitrogens with zero attached hydrogens (tertiary/aromatic N) is 1. The minimum Gasteiger partial charge on any atom is -0.493 e. The van der Waals surface area contributed by atoms with Gasteiger partial charge in [-0.3, -0.25) is 4.90 Å². The van der Waals surface area contributed by atoms with E-state index in [0.717, 1.165) is 11.1 Å². The van der Waals surface area contributed by atoms with Gasteiger partial charge in [-0.1, -0.05) is 51.1 Å². The SMILES string of the molecule is CCOC(=O)C1(CCO[Si](C)(C)C(C)(C)C)c2cc(OC)c(OCc3ccccc3)cc2CCN1C(=O)OC(C)(C)C. The minimum absolute atomic E-state index is 0.0202. The molecule has 8 nitrogen and oxygen atoms in total. The normalized spacial score (nSPS) is 17.3. The molecular formula is C33H49NO7Si. The molecule has 0 N–H and O–H groups in total. The van der Waals surface area contributed by atoms with E-state index in [1.165, 1.54) is 4.90 Å². The van der Waals surface area contributed by atoms with Gasteiger partial charge in [-0.25, -0.2) is 9.59 Å². The number of amides is 1. The van der Waals surface area contributed by atoms with E-state index in [1.54, 1.807) is 14.0 Å². The highest BCUT2D eigenvalue weighted by Gasteiger charge is 2.54. The Hall–Kier alpha value is -3.04. The third-order valence-electron chi connectivity index (χ3n) is 8.10. The van der Waals surface area contributed by atoms with Crippen LogP contribution in [0, 0.1) is 0 Å². The zero-order valence-electron chi connectivity index (χ0n) is 27.1. The monoisotopic (exact) mass is 599 g/mol. The van der Waals surface area contributed by atoms with Gasteiger partial charge in [0.15, 0.2) is 25.4 Å². The molecule has 9 heteroatoms. The fourth-order valence-electron chi connectivity index (χ4n) is 4.85. The van der Waals surface area contributed by atoms with Gasteiger partial charge in [-0.15, -0.1) is 0 Å². The Kier molecular flexibility index (Phi) is 10.4. The molecule has 0 bridgehead atoms. The van der Waals surface area contributed by atoms with Crippen LogP contribution in [0.15, 0.2) is 42.5 Å². The molecule has 3 rings (SSSR count). The van der Waals surface area contributed by atoms with E-state index < -0.39 is 31.5 Å². The minimum atomic E-state index is -2.16. The summed E-state index contributed by atoms with van der Waals surface area (Å²) in [7, 11) is -0.588. The molecule has 0 aliphatic carbocycles. The predicted molar refractivity (Wildman–Crippen MR) is 166 cm³/mol. The van der Waals surface area contributed by atoms with Crippen molar-refractivity contribution in [3.05, 3.63) is 59.2 Å². The van der Waals surface area contributed by atoms with Gasteiger partial charge in [0.05, 0.1) is 13.7 Å². The molecule has 1 aliphatic rings. The van der Waals surface area contributed by atoms with Crippen molar-refractivity contribution < 1.29 is 33.0 Å². The van der Waals surface area contributed by atoms with E-state index in [1.807, 2.05) is 63.2 Å². The predicted octanol–water partition coefficient (Wildman–Crippen LogP) is 7.24. The van der Waals surface area contributed by atoms with Gasteiger partial charge in [0, 0.05) is 19.6 Å². The van der Waals surface area contributed by atoms with Crippen LogP contribution >= 0.6 is 0 Å². The molecule has 1 atom stereocenters. The average Bonchev–Trinajstić information content (AvgIpc) is 2.90. The summed E-state index contributed by atoms with van der Waals surface area (Å²) in [5.74, 6) is 0.520. The number of rotatable bonds is 10. The van der Waals surface area contributed by atoms with Crippen LogP contribution in [0.4, 0.5) is 4.79 Å². The molecule has 2 aromatic rings. The lowest BCUT2D eigenvalue weighted by atomic mass is 9.78. The van der Waals surface area contributed by atoms with Crippen LogP contribution < -0.4 is 9.47 Å². The van der Waals surface area contributed by atoms with Gasteiger partial charge in [-0.2, -0.15) is 0 Å². The molecule has 0 saturated heterocycles. The van der Waals surface area contributed by atoms with Crippen molar-refractivity contribution in [2.24, 2.45) is 0 Å². The van der Waals surface area contributed by atoms with Crippen LogP contribution in [-0.2, 0) is 37.3 Å². The summed E-state index contributed by atoms with van der Waals surface area (Å²) in [6.07, 6.45) is 0.138. The maximum Gasteiger partial charge on any atom is 0.411 e. The van der Waals surface area contributed by atoms with Gasteiger partial charge in [0.1, 0.15) is 12.2 Å². The fourth-order valence-corrected chi connectivity index (χ4v) is 5.89. The highest BCUT2D eigenvalue weighted by Crippen LogP contribution is 2.46. The van der Waals surface area contributed by atoms with Crippen molar-refractivity contribution in [2.75, 3.05) is 26.9 Å². The molecule has 0 spiro atoms. The molecule has 1 unspecified atom stereocenters. The van der Waals surface area contributed by atoms with Crippen molar-refractivity contribution >= 4 is 20.4 Å². The van der Waals surface area contributed by atoms with E-state index in [2.05, 4.69) is 33.9 Å². The Labute approximate surface area is 252 Å². The first kappa shape index (κ1) is 33.5.